The van der Waals surface area contributed by atoms with Crippen molar-refractivity contribution in [3.05, 3.63) is 94.1 Å². The van der Waals surface area contributed by atoms with Crippen LogP contribution in [0.3, 0.4) is 0 Å². The first-order valence-electron chi connectivity index (χ1n) is 16.2. The maximum Gasteiger partial charge on any atom is 0.310 e. The molecule has 0 spiro atoms. The summed E-state index contributed by atoms with van der Waals surface area (Å²) in [6, 6.07) is 16.9. The SMILES string of the molecule is CCOC(=O)[C@H]1CCCN(NC(=O)c2cccc3c2C/C(=C/CCN2CCC(O)(c4ccc(Cl)cc4)CC2)c2cccnc2O3)C1. The Morgan fingerprint density at radius 1 is 1.13 bits per heavy atom. The third-order valence-corrected chi connectivity index (χ3v) is 9.52. The minimum absolute atomic E-state index is 0.217. The van der Waals surface area contributed by atoms with E-state index in [1.807, 2.05) is 59.6 Å². The van der Waals surface area contributed by atoms with Gasteiger partial charge in [-0.05, 0) is 86.6 Å². The summed E-state index contributed by atoms with van der Waals surface area (Å²) >= 11 is 6.05. The van der Waals surface area contributed by atoms with E-state index >= 15 is 0 Å². The molecule has 6 rings (SSSR count). The molecule has 0 saturated carbocycles. The number of pyridine rings is 1. The lowest BCUT2D eigenvalue weighted by Gasteiger charge is -2.38. The van der Waals surface area contributed by atoms with Gasteiger partial charge in [-0.15, -0.1) is 0 Å². The average Bonchev–Trinajstić information content (AvgIpc) is 3.22. The van der Waals surface area contributed by atoms with Gasteiger partial charge >= 0.3 is 5.97 Å². The highest BCUT2D eigenvalue weighted by molar-refractivity contribution is 6.30. The van der Waals surface area contributed by atoms with Crippen LogP contribution in [-0.4, -0.2) is 71.2 Å². The van der Waals surface area contributed by atoms with Crippen LogP contribution in [0.4, 0.5) is 0 Å². The molecule has 3 aliphatic rings. The number of nitrogens with zero attached hydrogens (tertiary/aromatic N) is 3. The van der Waals surface area contributed by atoms with Crippen molar-refractivity contribution in [3.8, 4) is 11.6 Å². The van der Waals surface area contributed by atoms with Crippen LogP contribution < -0.4 is 10.2 Å². The molecule has 242 valence electrons. The number of aromatic nitrogens is 1. The fourth-order valence-corrected chi connectivity index (χ4v) is 6.82. The number of likely N-dealkylation sites (tertiary alicyclic amines) is 1. The Hall–Kier alpha value is -3.76. The van der Waals surface area contributed by atoms with Crippen LogP contribution in [0.1, 0.15) is 66.1 Å². The van der Waals surface area contributed by atoms with E-state index in [4.69, 9.17) is 21.1 Å². The second-order valence-corrected chi connectivity index (χ2v) is 12.7. The first-order chi connectivity index (χ1) is 22.3. The molecular weight excluding hydrogens is 604 g/mol. The van der Waals surface area contributed by atoms with Crippen molar-refractivity contribution >= 4 is 29.1 Å². The largest absolute Gasteiger partial charge is 0.466 e. The fourth-order valence-electron chi connectivity index (χ4n) is 6.70. The molecule has 2 N–H and O–H groups in total. The van der Waals surface area contributed by atoms with Crippen LogP contribution in [0.15, 0.2) is 66.9 Å². The molecule has 3 aliphatic heterocycles. The minimum atomic E-state index is -0.836. The van der Waals surface area contributed by atoms with E-state index in [1.54, 1.807) is 13.1 Å². The maximum absolute atomic E-state index is 13.7. The van der Waals surface area contributed by atoms with Crippen molar-refractivity contribution in [3.63, 3.8) is 0 Å². The number of esters is 1. The summed E-state index contributed by atoms with van der Waals surface area (Å²) in [5.41, 5.74) is 6.42. The molecule has 9 nitrogen and oxygen atoms in total. The number of carbonyl (C=O) groups excluding carboxylic acids is 2. The number of nitrogens with one attached hydrogen (secondary N) is 1. The van der Waals surface area contributed by atoms with Gasteiger partial charge in [-0.1, -0.05) is 35.9 Å². The van der Waals surface area contributed by atoms with Crippen molar-refractivity contribution in [1.29, 1.82) is 0 Å². The maximum atomic E-state index is 13.7. The number of piperidine rings is 2. The summed E-state index contributed by atoms with van der Waals surface area (Å²) in [7, 11) is 0. The number of ether oxygens (including phenoxy) is 2. The van der Waals surface area contributed by atoms with Crippen LogP contribution in [0.5, 0.6) is 11.6 Å². The number of carbonyl (C=O) groups is 2. The minimum Gasteiger partial charge on any atom is -0.466 e. The van der Waals surface area contributed by atoms with E-state index in [0.29, 0.717) is 61.2 Å². The van der Waals surface area contributed by atoms with E-state index in [9.17, 15) is 14.7 Å². The van der Waals surface area contributed by atoms with E-state index in [2.05, 4.69) is 21.4 Å². The van der Waals surface area contributed by atoms with Gasteiger partial charge in [-0.3, -0.25) is 15.0 Å². The number of hydrogen-bond donors (Lipinski definition) is 2. The lowest BCUT2D eigenvalue weighted by Crippen LogP contribution is -2.49. The van der Waals surface area contributed by atoms with Gasteiger partial charge in [-0.2, -0.15) is 0 Å². The number of benzene rings is 2. The molecule has 1 amide bonds. The third kappa shape index (κ3) is 7.28. The standard InChI is InChI=1S/C36H41ClN4O5/c1-2-45-35(43)26-8-6-20-41(24-26)39-33(42)30-9-3-11-32-31(30)23-25(29-10-4-18-38-34(29)46-32)7-5-19-40-21-16-36(44,17-22-40)27-12-14-28(37)15-13-27/h3-4,7,9-15,18,26,44H,2,5-6,8,16-17,19-24H2,1H3,(H,39,42)/b25-7-/t26-/m0/s1. The van der Waals surface area contributed by atoms with Gasteiger partial charge in [0.1, 0.15) is 5.75 Å². The molecule has 2 saturated heterocycles. The lowest BCUT2D eigenvalue weighted by atomic mass is 9.84. The highest BCUT2D eigenvalue weighted by Crippen LogP contribution is 2.39. The quantitative estimate of drug-likeness (QED) is 0.299. The van der Waals surface area contributed by atoms with Gasteiger partial charge in [0.15, 0.2) is 0 Å². The molecule has 10 heteroatoms. The second-order valence-electron chi connectivity index (χ2n) is 12.3. The predicted molar refractivity (Wildman–Crippen MR) is 176 cm³/mol. The number of amides is 1. The van der Waals surface area contributed by atoms with E-state index in [0.717, 1.165) is 61.2 Å². The molecule has 0 bridgehead atoms. The van der Waals surface area contributed by atoms with Crippen molar-refractivity contribution < 1.29 is 24.2 Å². The molecule has 0 radical (unpaired) electrons. The molecule has 1 aromatic heterocycles. The molecular formula is C36H41ClN4O5. The number of halogens is 1. The van der Waals surface area contributed by atoms with Crippen LogP contribution in [0, 0.1) is 5.92 Å². The summed E-state index contributed by atoms with van der Waals surface area (Å²) in [6.07, 6.45) is 8.12. The Morgan fingerprint density at radius 3 is 2.72 bits per heavy atom. The highest BCUT2D eigenvalue weighted by atomic mass is 35.5. The fraction of sp³-hybridized carbons (Fsp3) is 0.417. The molecule has 4 heterocycles. The van der Waals surface area contributed by atoms with Crippen LogP contribution in [0.2, 0.25) is 5.02 Å². The summed E-state index contributed by atoms with van der Waals surface area (Å²) in [5.74, 6) is 0.419. The second kappa shape index (κ2) is 14.3. The number of hydrogen-bond acceptors (Lipinski definition) is 8. The molecule has 3 aromatic rings. The third-order valence-electron chi connectivity index (χ3n) is 9.27. The monoisotopic (exact) mass is 644 g/mol. The van der Waals surface area contributed by atoms with Crippen molar-refractivity contribution in [1.82, 2.24) is 20.3 Å². The topological polar surface area (TPSA) is 104 Å². The van der Waals surface area contributed by atoms with Crippen LogP contribution in [0.25, 0.3) is 5.57 Å². The Balaban J connectivity index is 1.15. The predicted octanol–water partition coefficient (Wildman–Crippen LogP) is 5.76. The number of fused-ring (bicyclic) bond motifs is 2. The van der Waals surface area contributed by atoms with Crippen LogP contribution >= 0.6 is 11.6 Å². The normalized spacial score (nSPS) is 20.6. The van der Waals surface area contributed by atoms with Gasteiger partial charge < -0.3 is 19.5 Å². The number of rotatable bonds is 8. The Labute approximate surface area is 275 Å². The first-order valence-corrected chi connectivity index (χ1v) is 16.6. The van der Waals surface area contributed by atoms with E-state index in [1.165, 1.54) is 0 Å². The summed E-state index contributed by atoms with van der Waals surface area (Å²) in [4.78, 5) is 32.9. The van der Waals surface area contributed by atoms with Gasteiger partial charge in [0, 0.05) is 67.1 Å². The number of aliphatic hydroxyl groups is 1. The van der Waals surface area contributed by atoms with Crippen molar-refractivity contribution in [2.24, 2.45) is 5.92 Å². The van der Waals surface area contributed by atoms with Gasteiger partial charge in [-0.25, -0.2) is 9.99 Å². The Bertz CT molecular complexity index is 1590. The molecule has 1 atom stereocenters. The molecule has 0 unspecified atom stereocenters. The van der Waals surface area contributed by atoms with Gasteiger partial charge in [0.05, 0.1) is 18.1 Å². The number of hydrazine groups is 1. The molecule has 0 aliphatic carbocycles. The molecule has 46 heavy (non-hydrogen) atoms. The Kier molecular flexibility index (Phi) is 10.0. The Morgan fingerprint density at radius 2 is 1.93 bits per heavy atom. The first kappa shape index (κ1) is 32.2. The smallest absolute Gasteiger partial charge is 0.310 e. The zero-order chi connectivity index (χ0) is 32.1. The zero-order valence-electron chi connectivity index (χ0n) is 26.2. The summed E-state index contributed by atoms with van der Waals surface area (Å²) in [5, 5.41) is 13.8. The van der Waals surface area contributed by atoms with E-state index in [-0.39, 0.29) is 17.8 Å². The molecule has 2 aromatic carbocycles. The zero-order valence-corrected chi connectivity index (χ0v) is 27.0. The summed E-state index contributed by atoms with van der Waals surface area (Å²) in [6.45, 7) is 5.68. The molecule has 2 fully saturated rings. The average molecular weight is 645 g/mol. The van der Waals surface area contributed by atoms with Gasteiger partial charge in [0.25, 0.3) is 5.91 Å². The number of allylic oxidation sites excluding steroid dienone is 1. The highest BCUT2D eigenvalue weighted by Gasteiger charge is 2.34. The summed E-state index contributed by atoms with van der Waals surface area (Å²) < 4.78 is 11.5. The van der Waals surface area contributed by atoms with Crippen LogP contribution in [-0.2, 0) is 21.6 Å². The van der Waals surface area contributed by atoms with Gasteiger partial charge in [0.2, 0.25) is 5.88 Å². The van der Waals surface area contributed by atoms with Crippen molar-refractivity contribution in [2.75, 3.05) is 39.3 Å². The lowest BCUT2D eigenvalue weighted by molar-refractivity contribution is -0.150. The van der Waals surface area contributed by atoms with E-state index < -0.39 is 5.60 Å². The van der Waals surface area contributed by atoms with Crippen molar-refractivity contribution in [2.45, 2.75) is 51.0 Å².